The molecule has 31 heteroatoms. The minimum atomic E-state index is -2.42. The number of halogens is 5. The number of benzene rings is 3. The molecule has 2 aliphatic heterocycles. The lowest BCUT2D eigenvalue weighted by Crippen LogP contribution is -2.59. The number of rotatable bonds is 39. The zero-order chi connectivity index (χ0) is 79.8. The number of piperidine rings is 1. The van der Waals surface area contributed by atoms with Crippen LogP contribution < -0.4 is 47.7 Å². The summed E-state index contributed by atoms with van der Waals surface area (Å²) >= 11 is 0. The molecule has 5 rings (SSSR count). The molecule has 2 saturated heterocycles. The van der Waals surface area contributed by atoms with Gasteiger partial charge in [-0.3, -0.25) is 52.8 Å². The maximum atomic E-state index is 14.6. The first-order chi connectivity index (χ1) is 50.5. The van der Waals surface area contributed by atoms with E-state index >= 15 is 0 Å². The number of carbonyl (C=O) groups is 11. The van der Waals surface area contributed by atoms with E-state index in [9.17, 15) is 74.7 Å². The molecule has 2 heterocycles. The van der Waals surface area contributed by atoms with Gasteiger partial charge in [0.2, 0.25) is 88.0 Å². The molecule has 3 aromatic rings. The minimum Gasteiger partial charge on any atom is -0.420 e. The predicted molar refractivity (Wildman–Crippen MR) is 390 cm³/mol. The molecule has 3 unspecified atom stereocenters. The SMILES string of the molecule is CC[C@H](C)[C@@H]([C@@H](CC(=O)N1CCC[C@H]1C(OC)[C@@H](C)C(=O)N[C@@H](Cc1ccccc1)C(=O)NCCc1ccc(NC(=O)[C@H](CCCNC(N)=O)NC(=O)[C@@H](NC(=O)CCC(=O)N2CCC(C(=O)Oc3c(F)c(F)c(F)c(F)c3F)CC2C)C(C)C)cc1)OC)N(C)C(=O)[C@@H](NC(=O)[C@H](C(C)C)N(C)C)C(C)C. The molecule has 2 fully saturated rings. The van der Waals surface area contributed by atoms with Crippen LogP contribution in [0.15, 0.2) is 54.6 Å². The second-order valence-corrected chi connectivity index (χ2v) is 29.2. The Morgan fingerprint density at radius 2 is 1.24 bits per heavy atom. The van der Waals surface area contributed by atoms with Crippen molar-refractivity contribution in [3.63, 3.8) is 0 Å². The number of nitrogens with zero attached hydrogens (tertiary/aromatic N) is 4. The summed E-state index contributed by atoms with van der Waals surface area (Å²) in [7, 11) is 8.34. The van der Waals surface area contributed by atoms with Crippen LogP contribution in [0.25, 0.3) is 0 Å². The third-order valence-electron chi connectivity index (χ3n) is 20.1. The van der Waals surface area contributed by atoms with Gasteiger partial charge in [-0.05, 0) is 113 Å². The Morgan fingerprint density at radius 1 is 0.626 bits per heavy atom. The van der Waals surface area contributed by atoms with Crippen LogP contribution in [-0.4, -0.2) is 207 Å². The number of primary amides is 1. The molecule has 0 saturated carbocycles. The van der Waals surface area contributed by atoms with E-state index in [1.54, 1.807) is 68.8 Å². The van der Waals surface area contributed by atoms with Crippen molar-refractivity contribution in [2.45, 2.75) is 207 Å². The summed E-state index contributed by atoms with van der Waals surface area (Å²) in [5.41, 5.74) is 7.13. The molecule has 594 valence electrons. The number of nitrogens with two attached hydrogens (primary N) is 1. The highest BCUT2D eigenvalue weighted by molar-refractivity contribution is 5.99. The number of esters is 1. The van der Waals surface area contributed by atoms with Crippen LogP contribution in [0.5, 0.6) is 5.75 Å². The van der Waals surface area contributed by atoms with Gasteiger partial charge < -0.3 is 71.9 Å². The second-order valence-electron chi connectivity index (χ2n) is 29.2. The van der Waals surface area contributed by atoms with E-state index in [-0.39, 0.29) is 100 Å². The van der Waals surface area contributed by atoms with Crippen LogP contribution in [0.1, 0.15) is 145 Å². The summed E-state index contributed by atoms with van der Waals surface area (Å²) in [6, 6.07) is 8.54. The summed E-state index contributed by atoms with van der Waals surface area (Å²) in [6.07, 6.45) is -0.0804. The van der Waals surface area contributed by atoms with E-state index < -0.39 is 167 Å². The third-order valence-corrected chi connectivity index (χ3v) is 20.1. The molecule has 3 aromatic carbocycles. The Kier molecular flexibility index (Phi) is 34.9. The summed E-state index contributed by atoms with van der Waals surface area (Å²) in [5.74, 6) is -21.8. The summed E-state index contributed by atoms with van der Waals surface area (Å²) in [6.45, 7) is 18.7. The number of likely N-dealkylation sites (N-methyl/N-ethyl adjacent to an activating group) is 2. The first-order valence-electron chi connectivity index (χ1n) is 36.7. The highest BCUT2D eigenvalue weighted by Gasteiger charge is 2.45. The second kappa shape index (κ2) is 42.1. The molecule has 9 N–H and O–H groups in total. The van der Waals surface area contributed by atoms with Crippen LogP contribution in [0, 0.1) is 64.6 Å². The number of methoxy groups -OCH3 is 2. The van der Waals surface area contributed by atoms with Crippen molar-refractivity contribution in [2.24, 2.45) is 41.2 Å². The lowest BCUT2D eigenvalue weighted by atomic mass is 9.89. The molecule has 13 atom stereocenters. The van der Waals surface area contributed by atoms with E-state index in [1.165, 1.54) is 19.1 Å². The molecule has 0 aliphatic carbocycles. The van der Waals surface area contributed by atoms with Crippen molar-refractivity contribution in [2.75, 3.05) is 66.9 Å². The average molecular weight is 1510 g/mol. The number of anilines is 1. The Morgan fingerprint density at radius 3 is 1.80 bits per heavy atom. The minimum absolute atomic E-state index is 0.00559. The van der Waals surface area contributed by atoms with Gasteiger partial charge in [-0.15, -0.1) is 0 Å². The molecule has 26 nitrogen and oxygen atoms in total. The molecular formula is C76H111F5N12O14. The van der Waals surface area contributed by atoms with Gasteiger partial charge in [0, 0.05) is 78.4 Å². The number of nitrogens with one attached hydrogen (secondary N) is 7. The van der Waals surface area contributed by atoms with Gasteiger partial charge in [0.1, 0.15) is 24.2 Å². The van der Waals surface area contributed by atoms with Crippen molar-refractivity contribution in [3.8, 4) is 5.75 Å². The quantitative estimate of drug-likeness (QED) is 0.00761. The monoisotopic (exact) mass is 1510 g/mol. The van der Waals surface area contributed by atoms with Crippen LogP contribution in [0.4, 0.5) is 32.4 Å². The number of likely N-dealkylation sites (tertiary alicyclic amines) is 2. The number of urea groups is 1. The molecule has 2 aliphatic rings. The molecule has 0 radical (unpaired) electrons. The molecule has 0 bridgehead atoms. The number of carbonyl (C=O) groups excluding carboxylic acids is 11. The van der Waals surface area contributed by atoms with Crippen molar-refractivity contribution in [1.82, 2.24) is 51.5 Å². The van der Waals surface area contributed by atoms with Gasteiger partial charge in [0.25, 0.3) is 0 Å². The van der Waals surface area contributed by atoms with E-state index in [1.807, 2.05) is 90.9 Å². The smallest absolute Gasteiger partial charge is 0.314 e. The summed E-state index contributed by atoms with van der Waals surface area (Å²) in [5, 5.41) is 19.5. The van der Waals surface area contributed by atoms with Crippen molar-refractivity contribution >= 4 is 70.9 Å². The highest BCUT2D eigenvalue weighted by Crippen LogP contribution is 2.34. The largest absolute Gasteiger partial charge is 0.420 e. The zero-order valence-corrected chi connectivity index (χ0v) is 64.2. The fourth-order valence-corrected chi connectivity index (χ4v) is 14.0. The fourth-order valence-electron chi connectivity index (χ4n) is 14.0. The van der Waals surface area contributed by atoms with Gasteiger partial charge in [-0.1, -0.05) is 111 Å². The highest BCUT2D eigenvalue weighted by atomic mass is 19.2. The van der Waals surface area contributed by atoms with E-state index in [0.717, 1.165) is 11.1 Å². The molecular weight excluding hydrogens is 1400 g/mol. The Hall–Kier alpha value is -8.84. The van der Waals surface area contributed by atoms with Gasteiger partial charge >= 0.3 is 12.0 Å². The molecule has 0 aromatic heterocycles. The van der Waals surface area contributed by atoms with Gasteiger partial charge in [0.05, 0.1) is 48.6 Å². The van der Waals surface area contributed by atoms with Crippen LogP contribution in [0.2, 0.25) is 0 Å². The number of hydrogen-bond acceptors (Lipinski definition) is 15. The Balaban J connectivity index is 1.18. The van der Waals surface area contributed by atoms with Crippen LogP contribution in [-0.2, 0) is 70.3 Å². The molecule has 107 heavy (non-hydrogen) atoms. The van der Waals surface area contributed by atoms with E-state index in [2.05, 4.69) is 42.0 Å². The lowest BCUT2D eigenvalue weighted by Gasteiger charge is -2.41. The van der Waals surface area contributed by atoms with Gasteiger partial charge in [-0.25, -0.2) is 18.0 Å². The Bertz CT molecular complexity index is 3500. The van der Waals surface area contributed by atoms with E-state index in [0.29, 0.717) is 37.9 Å². The Labute approximate surface area is 624 Å². The number of hydrogen-bond donors (Lipinski definition) is 8. The molecule has 11 amide bonds. The normalized spacial score (nSPS) is 18.0. The fraction of sp³-hybridized carbons (Fsp3) is 0.618. The maximum absolute atomic E-state index is 14.6. The van der Waals surface area contributed by atoms with Crippen molar-refractivity contribution < 1.29 is 88.9 Å². The topological polar surface area (TPSA) is 339 Å². The van der Waals surface area contributed by atoms with Crippen LogP contribution >= 0.6 is 0 Å². The summed E-state index contributed by atoms with van der Waals surface area (Å²) < 4.78 is 86.3. The van der Waals surface area contributed by atoms with Crippen molar-refractivity contribution in [3.05, 3.63) is 94.8 Å². The van der Waals surface area contributed by atoms with Crippen molar-refractivity contribution in [1.29, 1.82) is 0 Å². The summed E-state index contributed by atoms with van der Waals surface area (Å²) in [4.78, 5) is 157. The predicted octanol–water partition coefficient (Wildman–Crippen LogP) is 6.44. The third kappa shape index (κ3) is 24.9. The van der Waals surface area contributed by atoms with E-state index in [4.69, 9.17) is 15.2 Å². The first kappa shape index (κ1) is 88.8. The lowest BCUT2D eigenvalue weighted by molar-refractivity contribution is -0.148. The van der Waals surface area contributed by atoms with Crippen LogP contribution in [0.3, 0.4) is 0 Å². The standard InChI is InChI=1S/C76H111F5N12O14/c1-16-44(8)66(91(13)74(102)64(42(4)5)89-73(101)65(43(6)7)90(11)12)54(105-14)40-57(96)93-36-21-25-53(93)67(106-15)46(10)69(97)87-52(39-48-22-18-17-19-23-48)70(98)83-35-32-47-26-28-50(29-27-47)85-71(99)51(24-20-34-84-76(82)104)86-72(100)63(41(2)3)88-55(94)30-31-56(95)92-37-33-49(38-45(92)9)75(103)107-68-61(80)59(78)58(77)60(79)62(68)81/h17-19,22-23,26-29,41-46,49,51-54,63-67H,16,20-21,24-25,30-40H2,1-15H3,(H,83,98)(H,85,99)(H,86,100)(H,87,97)(H,88,94)(H,89,101)(H3,82,84,104)/t44-,45?,46+,49?,51-,52-,53-,54+,63-,64-,65-,66-,67?/m0/s1. The van der Waals surface area contributed by atoms with Gasteiger partial charge in [-0.2, -0.15) is 8.78 Å². The zero-order valence-electron chi connectivity index (χ0n) is 64.2. The van der Waals surface area contributed by atoms with Gasteiger partial charge in [0.15, 0.2) is 0 Å². The number of amides is 11. The molecule has 0 spiro atoms. The number of ether oxygens (including phenoxy) is 3. The first-order valence-corrected chi connectivity index (χ1v) is 36.7. The maximum Gasteiger partial charge on any atom is 0.314 e. The average Bonchev–Trinajstić information content (AvgIpc) is 1.73.